The molecule has 2 atom stereocenters. The molecule has 1 aromatic heterocycles. The Morgan fingerprint density at radius 2 is 1.93 bits per heavy atom. The minimum absolute atomic E-state index is 0.0913. The van der Waals surface area contributed by atoms with E-state index < -0.39 is 12.1 Å². The number of alkyl halides is 3. The van der Waals surface area contributed by atoms with E-state index in [1.165, 1.54) is 0 Å². The molecule has 0 radical (unpaired) electrons. The van der Waals surface area contributed by atoms with Crippen molar-refractivity contribution in [3.63, 3.8) is 0 Å². The maximum atomic E-state index is 12.7. The summed E-state index contributed by atoms with van der Waals surface area (Å²) in [7, 11) is 0. The van der Waals surface area contributed by atoms with Crippen molar-refractivity contribution >= 4 is 29.3 Å². The van der Waals surface area contributed by atoms with Gasteiger partial charge in [-0.15, -0.1) is 0 Å². The molecule has 3 N–H and O–H groups in total. The molecule has 1 amide bonds. The molecule has 4 rings (SSSR count). The van der Waals surface area contributed by atoms with Crippen LogP contribution in [-0.4, -0.2) is 46.0 Å². The Labute approximate surface area is 175 Å². The Morgan fingerprint density at radius 3 is 2.57 bits per heavy atom. The van der Waals surface area contributed by atoms with Crippen LogP contribution in [0.25, 0.3) is 5.69 Å². The van der Waals surface area contributed by atoms with E-state index in [0.717, 1.165) is 38.0 Å². The van der Waals surface area contributed by atoms with Gasteiger partial charge in [0.05, 0.1) is 11.1 Å². The molecule has 2 unspecified atom stereocenters. The highest BCUT2D eigenvalue weighted by molar-refractivity contribution is 6.30. The van der Waals surface area contributed by atoms with Crippen molar-refractivity contribution in [2.24, 2.45) is 11.3 Å². The van der Waals surface area contributed by atoms with Gasteiger partial charge in [-0.1, -0.05) is 11.6 Å². The number of carbonyl (C=O) groups excluding carboxylic acids is 1. The zero-order chi connectivity index (χ0) is 21.9. The number of carboxylic acid groups (broad SMARTS) is 1. The van der Waals surface area contributed by atoms with Gasteiger partial charge in [0.25, 0.3) is 0 Å². The Hall–Kier alpha value is -2.59. The van der Waals surface area contributed by atoms with Crippen molar-refractivity contribution < 1.29 is 27.9 Å². The molecular weight excluding hydrogens is 425 g/mol. The zero-order valence-electron chi connectivity index (χ0n) is 15.7. The lowest BCUT2D eigenvalue weighted by Gasteiger charge is -2.31. The second kappa shape index (κ2) is 8.65. The Bertz CT molecular complexity index is 912. The number of hydrogen-bond donors (Lipinski definition) is 3. The molecular formula is C19H20ClF3N4O3. The van der Waals surface area contributed by atoms with Gasteiger partial charge in [-0.25, -0.2) is 9.48 Å². The van der Waals surface area contributed by atoms with Crippen LogP contribution in [0.5, 0.6) is 0 Å². The standard InChI is InChI=1S/C17H19ClN4O.C2HF3O2/c18-13-1-3-14(4-2-13)22-8-6-15(21-22)20-16(23)17-7-5-12(9-17)10-19-11-17;3-2(4,5)1(6)7/h1-4,6,8,12,19H,5,7,9-11H2,(H,20,21,23);(H,6,7). The maximum absolute atomic E-state index is 12.7. The van der Waals surface area contributed by atoms with Crippen LogP contribution >= 0.6 is 11.6 Å². The SMILES string of the molecule is O=C(Nc1ccn(-c2ccc(Cl)cc2)n1)C12CCC(CNC1)C2.O=C(O)C(F)(F)F. The minimum Gasteiger partial charge on any atom is -0.475 e. The Balaban J connectivity index is 0.000000318. The lowest BCUT2D eigenvalue weighted by atomic mass is 9.82. The van der Waals surface area contributed by atoms with Crippen molar-refractivity contribution in [3.8, 4) is 5.69 Å². The van der Waals surface area contributed by atoms with E-state index in [0.29, 0.717) is 16.8 Å². The normalized spacial score (nSPS) is 22.7. The summed E-state index contributed by atoms with van der Waals surface area (Å²) in [6.45, 7) is 1.81. The fraction of sp³-hybridized carbons (Fsp3) is 0.421. The van der Waals surface area contributed by atoms with Gasteiger partial charge in [0.15, 0.2) is 5.82 Å². The lowest BCUT2D eigenvalue weighted by molar-refractivity contribution is -0.192. The molecule has 1 aliphatic heterocycles. The van der Waals surface area contributed by atoms with E-state index in [4.69, 9.17) is 21.5 Å². The summed E-state index contributed by atoms with van der Waals surface area (Å²) in [5.41, 5.74) is 0.654. The number of halogens is 4. The minimum atomic E-state index is -5.08. The monoisotopic (exact) mass is 444 g/mol. The van der Waals surface area contributed by atoms with E-state index in [9.17, 15) is 18.0 Å². The molecule has 0 spiro atoms. The second-order valence-electron chi connectivity index (χ2n) is 7.40. The highest BCUT2D eigenvalue weighted by Gasteiger charge is 2.47. The van der Waals surface area contributed by atoms with E-state index in [2.05, 4.69) is 15.7 Å². The molecule has 2 bridgehead atoms. The number of hydrogen-bond acceptors (Lipinski definition) is 4. The number of nitrogens with one attached hydrogen (secondary N) is 2. The smallest absolute Gasteiger partial charge is 0.475 e. The number of carbonyl (C=O) groups is 2. The predicted octanol–water partition coefficient (Wildman–Crippen LogP) is 3.49. The van der Waals surface area contributed by atoms with Crippen LogP contribution in [0.4, 0.5) is 19.0 Å². The fourth-order valence-corrected chi connectivity index (χ4v) is 3.88. The number of aliphatic carboxylic acids is 1. The van der Waals surface area contributed by atoms with Crippen LogP contribution in [0.1, 0.15) is 19.3 Å². The first-order valence-electron chi connectivity index (χ1n) is 9.23. The molecule has 1 aromatic carbocycles. The summed E-state index contributed by atoms with van der Waals surface area (Å²) in [4.78, 5) is 21.6. The van der Waals surface area contributed by atoms with Gasteiger partial charge in [0.1, 0.15) is 0 Å². The summed E-state index contributed by atoms with van der Waals surface area (Å²) >= 11 is 5.90. The largest absolute Gasteiger partial charge is 0.490 e. The van der Waals surface area contributed by atoms with Gasteiger partial charge in [0, 0.05) is 23.8 Å². The first kappa shape index (κ1) is 22.1. The van der Waals surface area contributed by atoms with Gasteiger partial charge in [-0.05, 0) is 56.0 Å². The van der Waals surface area contributed by atoms with Gasteiger partial charge in [0.2, 0.25) is 5.91 Å². The van der Waals surface area contributed by atoms with Crippen molar-refractivity contribution in [3.05, 3.63) is 41.6 Å². The number of rotatable bonds is 3. The van der Waals surface area contributed by atoms with Crippen LogP contribution in [0.3, 0.4) is 0 Å². The zero-order valence-corrected chi connectivity index (χ0v) is 16.5. The van der Waals surface area contributed by atoms with E-state index in [-0.39, 0.29) is 11.3 Å². The van der Waals surface area contributed by atoms with Crippen molar-refractivity contribution in [1.82, 2.24) is 15.1 Å². The quantitative estimate of drug-likeness (QED) is 0.673. The second-order valence-corrected chi connectivity index (χ2v) is 7.84. The molecule has 2 aromatic rings. The Kier molecular flexibility index (Phi) is 6.37. The van der Waals surface area contributed by atoms with Crippen molar-refractivity contribution in [2.45, 2.75) is 25.4 Å². The third-order valence-corrected chi connectivity index (χ3v) is 5.50. The summed E-state index contributed by atoms with van der Waals surface area (Å²) in [6, 6.07) is 9.26. The van der Waals surface area contributed by atoms with Crippen LogP contribution in [-0.2, 0) is 9.59 Å². The number of piperidine rings is 1. The highest BCUT2D eigenvalue weighted by Crippen LogP contribution is 2.44. The average Bonchev–Trinajstić information content (AvgIpc) is 3.27. The third-order valence-electron chi connectivity index (χ3n) is 5.25. The molecule has 162 valence electrons. The number of anilines is 1. The average molecular weight is 445 g/mol. The van der Waals surface area contributed by atoms with E-state index >= 15 is 0 Å². The lowest BCUT2D eigenvalue weighted by Crippen LogP contribution is -2.46. The highest BCUT2D eigenvalue weighted by atomic mass is 35.5. The molecule has 30 heavy (non-hydrogen) atoms. The molecule has 2 heterocycles. The Morgan fingerprint density at radius 1 is 1.27 bits per heavy atom. The van der Waals surface area contributed by atoms with E-state index in [1.54, 1.807) is 4.68 Å². The van der Waals surface area contributed by atoms with Gasteiger partial charge in [-0.3, -0.25) is 4.79 Å². The predicted molar refractivity (Wildman–Crippen MR) is 104 cm³/mol. The first-order chi connectivity index (χ1) is 14.1. The van der Waals surface area contributed by atoms with Crippen LogP contribution in [0, 0.1) is 11.3 Å². The number of amides is 1. The van der Waals surface area contributed by atoms with Crippen LogP contribution in [0.2, 0.25) is 5.02 Å². The fourth-order valence-electron chi connectivity index (χ4n) is 3.75. The van der Waals surface area contributed by atoms with Gasteiger partial charge in [-0.2, -0.15) is 18.3 Å². The topological polar surface area (TPSA) is 96.3 Å². The van der Waals surface area contributed by atoms with Gasteiger partial charge >= 0.3 is 12.1 Å². The molecule has 7 nitrogen and oxygen atoms in total. The first-order valence-corrected chi connectivity index (χ1v) is 9.61. The molecule has 1 aliphatic carbocycles. The molecule has 1 saturated carbocycles. The molecule has 1 saturated heterocycles. The van der Waals surface area contributed by atoms with Gasteiger partial charge < -0.3 is 15.7 Å². The number of carboxylic acids is 1. The van der Waals surface area contributed by atoms with Crippen LogP contribution in [0.15, 0.2) is 36.5 Å². The molecule has 2 aliphatic rings. The molecule has 11 heteroatoms. The number of nitrogens with zero attached hydrogens (tertiary/aromatic N) is 2. The van der Waals surface area contributed by atoms with Crippen molar-refractivity contribution in [1.29, 1.82) is 0 Å². The summed E-state index contributed by atoms with van der Waals surface area (Å²) in [6.07, 6.45) is -0.148. The van der Waals surface area contributed by atoms with E-state index in [1.807, 2.05) is 36.5 Å². The summed E-state index contributed by atoms with van der Waals surface area (Å²) < 4.78 is 33.5. The number of fused-ring (bicyclic) bond motifs is 2. The molecule has 2 fully saturated rings. The third kappa shape index (κ3) is 5.11. The summed E-state index contributed by atoms with van der Waals surface area (Å²) in [5.74, 6) is -1.43. The van der Waals surface area contributed by atoms with Crippen molar-refractivity contribution in [2.75, 3.05) is 18.4 Å². The number of aromatic nitrogens is 2. The summed E-state index contributed by atoms with van der Waals surface area (Å²) in [5, 5.41) is 18.6. The van der Waals surface area contributed by atoms with Crippen LogP contribution < -0.4 is 10.6 Å². The maximum Gasteiger partial charge on any atom is 0.490 e. The number of benzene rings is 1.